The number of hydrogen-bond acceptors (Lipinski definition) is 3. The average molecular weight is 427 g/mol. The van der Waals surface area contributed by atoms with Gasteiger partial charge in [-0.3, -0.25) is 9.36 Å². The zero-order chi connectivity index (χ0) is 21.1. The van der Waals surface area contributed by atoms with Crippen molar-refractivity contribution < 1.29 is 18.0 Å². The molecule has 8 heteroatoms. The summed E-state index contributed by atoms with van der Waals surface area (Å²) >= 11 is 1.17. The second-order valence-corrected chi connectivity index (χ2v) is 7.38. The van der Waals surface area contributed by atoms with Crippen molar-refractivity contribution in [1.82, 2.24) is 9.55 Å². The number of amides is 1. The van der Waals surface area contributed by atoms with Gasteiger partial charge in [0.1, 0.15) is 0 Å². The zero-order valence-electron chi connectivity index (χ0n) is 15.6. The predicted octanol–water partition coefficient (Wildman–Crippen LogP) is 5.78. The number of fused-ring (bicyclic) bond motifs is 1. The number of carbonyl (C=O) groups is 1. The van der Waals surface area contributed by atoms with E-state index in [2.05, 4.69) is 10.3 Å². The molecule has 4 rings (SSSR count). The highest BCUT2D eigenvalue weighted by molar-refractivity contribution is 7.99. The minimum atomic E-state index is -4.54. The molecule has 1 amide bonds. The molecule has 1 aromatic heterocycles. The van der Waals surface area contributed by atoms with Crippen LogP contribution in [0.3, 0.4) is 0 Å². The van der Waals surface area contributed by atoms with Gasteiger partial charge in [0, 0.05) is 5.69 Å². The van der Waals surface area contributed by atoms with E-state index in [0.29, 0.717) is 5.16 Å². The number of rotatable bonds is 5. The molecule has 152 valence electrons. The van der Waals surface area contributed by atoms with Gasteiger partial charge < -0.3 is 5.32 Å². The van der Waals surface area contributed by atoms with E-state index in [-0.39, 0.29) is 11.4 Å². The van der Waals surface area contributed by atoms with Crippen LogP contribution in [0.4, 0.5) is 18.9 Å². The van der Waals surface area contributed by atoms with Gasteiger partial charge in [-0.25, -0.2) is 4.98 Å². The Hall–Kier alpha value is -3.26. The molecule has 0 spiro atoms. The maximum atomic E-state index is 13.1. The Balaban J connectivity index is 1.57. The Bertz CT molecular complexity index is 1190. The Morgan fingerprint density at radius 3 is 2.37 bits per heavy atom. The van der Waals surface area contributed by atoms with Crippen LogP contribution >= 0.6 is 11.8 Å². The lowest BCUT2D eigenvalue weighted by Gasteiger charge is -2.13. The normalized spacial score (nSPS) is 11.6. The van der Waals surface area contributed by atoms with Gasteiger partial charge in [-0.15, -0.1) is 0 Å². The summed E-state index contributed by atoms with van der Waals surface area (Å²) in [6, 6.07) is 22.1. The minimum Gasteiger partial charge on any atom is -0.325 e. The van der Waals surface area contributed by atoms with E-state index >= 15 is 0 Å². The molecule has 30 heavy (non-hydrogen) atoms. The first-order valence-corrected chi connectivity index (χ1v) is 10.0. The lowest BCUT2D eigenvalue weighted by Crippen LogP contribution is -2.18. The summed E-state index contributed by atoms with van der Waals surface area (Å²) in [5, 5.41) is 2.95. The lowest BCUT2D eigenvalue weighted by atomic mass is 10.1. The number of aromatic nitrogens is 2. The number of alkyl halides is 3. The van der Waals surface area contributed by atoms with Crippen LogP contribution in [0.1, 0.15) is 5.56 Å². The van der Waals surface area contributed by atoms with Gasteiger partial charge in [0.15, 0.2) is 5.16 Å². The van der Waals surface area contributed by atoms with E-state index in [0.717, 1.165) is 22.8 Å². The van der Waals surface area contributed by atoms with Gasteiger partial charge in [0.25, 0.3) is 0 Å². The molecular formula is C22H16F3N3OS. The zero-order valence-corrected chi connectivity index (χ0v) is 16.4. The van der Waals surface area contributed by atoms with E-state index in [4.69, 9.17) is 0 Å². The van der Waals surface area contributed by atoms with Crippen LogP contribution in [-0.4, -0.2) is 21.2 Å². The number of halogens is 3. The van der Waals surface area contributed by atoms with Gasteiger partial charge >= 0.3 is 6.18 Å². The molecule has 0 saturated carbocycles. The van der Waals surface area contributed by atoms with Crippen molar-refractivity contribution in [2.45, 2.75) is 11.3 Å². The fourth-order valence-electron chi connectivity index (χ4n) is 3.08. The average Bonchev–Trinajstić information content (AvgIpc) is 3.11. The summed E-state index contributed by atoms with van der Waals surface area (Å²) in [4.78, 5) is 17.0. The molecule has 0 aliphatic carbocycles. The Labute approximate surface area is 174 Å². The number of nitrogens with zero attached hydrogens (tertiary/aromatic N) is 2. The van der Waals surface area contributed by atoms with Gasteiger partial charge in [-0.2, -0.15) is 13.2 Å². The molecule has 0 fully saturated rings. The predicted molar refractivity (Wildman–Crippen MR) is 112 cm³/mol. The van der Waals surface area contributed by atoms with Gasteiger partial charge in [0.05, 0.1) is 28.0 Å². The summed E-state index contributed by atoms with van der Waals surface area (Å²) in [7, 11) is 0. The van der Waals surface area contributed by atoms with E-state index < -0.39 is 17.6 Å². The second kappa shape index (κ2) is 8.23. The number of anilines is 1. The SMILES string of the molecule is O=C(CSc1nc2ccccc2n1-c1ccccc1)Nc1ccccc1C(F)(F)F. The van der Waals surface area contributed by atoms with Crippen molar-refractivity contribution in [2.75, 3.05) is 11.1 Å². The highest BCUT2D eigenvalue weighted by Crippen LogP contribution is 2.35. The Morgan fingerprint density at radius 1 is 0.933 bits per heavy atom. The van der Waals surface area contributed by atoms with Crippen molar-refractivity contribution in [2.24, 2.45) is 0 Å². The van der Waals surface area contributed by atoms with Crippen LogP contribution in [-0.2, 0) is 11.0 Å². The van der Waals surface area contributed by atoms with Crippen molar-refractivity contribution in [1.29, 1.82) is 0 Å². The molecule has 0 unspecified atom stereocenters. The van der Waals surface area contributed by atoms with Crippen LogP contribution in [0.25, 0.3) is 16.7 Å². The molecule has 4 nitrogen and oxygen atoms in total. The van der Waals surface area contributed by atoms with E-state index in [1.54, 1.807) is 0 Å². The van der Waals surface area contributed by atoms with E-state index in [1.807, 2.05) is 59.2 Å². The molecule has 0 radical (unpaired) electrons. The standard InChI is InChI=1S/C22H16F3N3OS/c23-22(24,25)16-10-4-5-11-17(16)26-20(29)14-30-21-27-18-12-6-7-13-19(18)28(21)15-8-2-1-3-9-15/h1-13H,14H2,(H,26,29). The van der Waals surface area contributed by atoms with Crippen LogP contribution in [0, 0.1) is 0 Å². The summed E-state index contributed by atoms with van der Waals surface area (Å²) in [5.74, 6) is -0.620. The van der Waals surface area contributed by atoms with Crippen LogP contribution < -0.4 is 5.32 Å². The third-order valence-corrected chi connectivity index (χ3v) is 5.32. The number of hydrogen-bond donors (Lipinski definition) is 1. The third-order valence-electron chi connectivity index (χ3n) is 4.38. The monoisotopic (exact) mass is 427 g/mol. The van der Waals surface area contributed by atoms with Crippen molar-refractivity contribution in [3.63, 3.8) is 0 Å². The summed E-state index contributed by atoms with van der Waals surface area (Å²) in [5.41, 5.74) is 1.41. The van der Waals surface area contributed by atoms with E-state index in [9.17, 15) is 18.0 Å². The number of thioether (sulfide) groups is 1. The maximum absolute atomic E-state index is 13.1. The van der Waals surface area contributed by atoms with E-state index in [1.165, 1.54) is 30.0 Å². The smallest absolute Gasteiger partial charge is 0.325 e. The molecule has 1 heterocycles. The third kappa shape index (κ3) is 4.18. The number of imidazole rings is 1. The molecule has 4 aromatic rings. The largest absolute Gasteiger partial charge is 0.418 e. The van der Waals surface area contributed by atoms with Crippen LogP contribution in [0.15, 0.2) is 84.0 Å². The number of carbonyl (C=O) groups excluding carboxylic acids is 1. The quantitative estimate of drug-likeness (QED) is 0.411. The topological polar surface area (TPSA) is 46.9 Å². The summed E-state index contributed by atoms with van der Waals surface area (Å²) in [6.45, 7) is 0. The molecule has 0 aliphatic heterocycles. The maximum Gasteiger partial charge on any atom is 0.418 e. The number of para-hydroxylation sites is 4. The lowest BCUT2D eigenvalue weighted by molar-refractivity contribution is -0.137. The minimum absolute atomic E-state index is 0.0810. The fraction of sp³-hybridized carbons (Fsp3) is 0.0909. The first-order chi connectivity index (χ1) is 14.4. The van der Waals surface area contributed by atoms with Crippen molar-refractivity contribution in [3.05, 3.63) is 84.4 Å². The Kier molecular flexibility index (Phi) is 5.50. The molecular weight excluding hydrogens is 411 g/mol. The highest BCUT2D eigenvalue weighted by Gasteiger charge is 2.33. The fourth-order valence-corrected chi connectivity index (χ4v) is 3.91. The van der Waals surface area contributed by atoms with Gasteiger partial charge in [0.2, 0.25) is 5.91 Å². The van der Waals surface area contributed by atoms with Crippen LogP contribution in [0.5, 0.6) is 0 Å². The molecule has 0 aliphatic rings. The molecule has 1 N–H and O–H groups in total. The number of benzene rings is 3. The highest BCUT2D eigenvalue weighted by atomic mass is 32.2. The van der Waals surface area contributed by atoms with Crippen molar-refractivity contribution in [3.8, 4) is 5.69 Å². The molecule has 0 atom stereocenters. The first-order valence-electron chi connectivity index (χ1n) is 9.05. The van der Waals surface area contributed by atoms with Gasteiger partial charge in [-0.05, 0) is 36.4 Å². The Morgan fingerprint density at radius 2 is 1.60 bits per heavy atom. The summed E-state index contributed by atoms with van der Waals surface area (Å²) in [6.07, 6.45) is -4.54. The van der Waals surface area contributed by atoms with Gasteiger partial charge in [-0.1, -0.05) is 54.2 Å². The molecule has 3 aromatic carbocycles. The van der Waals surface area contributed by atoms with Crippen LogP contribution in [0.2, 0.25) is 0 Å². The molecule has 0 saturated heterocycles. The van der Waals surface area contributed by atoms with Crippen molar-refractivity contribution >= 4 is 34.4 Å². The first kappa shape index (κ1) is 20.0. The summed E-state index contributed by atoms with van der Waals surface area (Å²) < 4.78 is 41.3. The number of nitrogens with one attached hydrogen (secondary N) is 1. The molecule has 0 bridgehead atoms. The second-order valence-electron chi connectivity index (χ2n) is 6.43.